The van der Waals surface area contributed by atoms with Crippen LogP contribution in [0.3, 0.4) is 0 Å². The molecular weight excluding hydrogens is 338 g/mol. The number of hydrogen-bond donors (Lipinski definition) is 1. The van der Waals surface area contributed by atoms with Gasteiger partial charge in [-0.1, -0.05) is 12.1 Å². The van der Waals surface area contributed by atoms with Crippen LogP contribution in [0.5, 0.6) is 11.5 Å². The van der Waals surface area contributed by atoms with E-state index in [2.05, 4.69) is 10.8 Å². The molecule has 2 aromatic rings. The predicted octanol–water partition coefficient (Wildman–Crippen LogP) is 2.47. The van der Waals surface area contributed by atoms with Crippen LogP contribution < -0.4 is 14.2 Å². The molecule has 4 rings (SSSR count). The summed E-state index contributed by atoms with van der Waals surface area (Å²) < 4.78 is 38.8. The van der Waals surface area contributed by atoms with E-state index < -0.39 is 10.0 Å². The van der Waals surface area contributed by atoms with E-state index in [1.807, 2.05) is 19.1 Å². The minimum absolute atomic E-state index is 0.102. The molecule has 0 amide bonds. The van der Waals surface area contributed by atoms with Crippen molar-refractivity contribution in [2.24, 2.45) is 0 Å². The maximum atomic E-state index is 12.5. The number of ether oxygens (including phenoxy) is 2. The van der Waals surface area contributed by atoms with Crippen molar-refractivity contribution in [1.29, 1.82) is 0 Å². The van der Waals surface area contributed by atoms with E-state index in [9.17, 15) is 8.42 Å². The van der Waals surface area contributed by atoms with Gasteiger partial charge in [-0.2, -0.15) is 0 Å². The molecule has 0 saturated heterocycles. The molecule has 0 aromatic heterocycles. The first-order valence-corrected chi connectivity index (χ1v) is 10.0. The second-order valence-electron chi connectivity index (χ2n) is 6.59. The van der Waals surface area contributed by atoms with Gasteiger partial charge in [0.25, 0.3) is 0 Å². The summed E-state index contributed by atoms with van der Waals surface area (Å²) in [5.41, 5.74) is 3.27. The van der Waals surface area contributed by atoms with Gasteiger partial charge in [-0.3, -0.25) is 0 Å². The number of benzene rings is 2. The lowest BCUT2D eigenvalue weighted by Gasteiger charge is -2.09. The van der Waals surface area contributed by atoms with Crippen LogP contribution in [0, 0.1) is 0 Å². The van der Waals surface area contributed by atoms with E-state index in [0.29, 0.717) is 17.9 Å². The van der Waals surface area contributed by atoms with E-state index in [1.165, 1.54) is 5.56 Å². The molecule has 2 aliphatic heterocycles. The van der Waals surface area contributed by atoms with Crippen LogP contribution in [0.2, 0.25) is 0 Å². The fraction of sp³-hybridized carbons (Fsp3) is 0.368. The monoisotopic (exact) mass is 359 g/mol. The van der Waals surface area contributed by atoms with Crippen molar-refractivity contribution < 1.29 is 17.9 Å². The summed E-state index contributed by atoms with van der Waals surface area (Å²) in [5.74, 6) is 1.73. The molecule has 1 N–H and O–H groups in total. The molecule has 0 aliphatic carbocycles. The molecular formula is C19H21NO4S. The quantitative estimate of drug-likeness (QED) is 0.891. The molecule has 25 heavy (non-hydrogen) atoms. The second kappa shape index (κ2) is 6.35. The summed E-state index contributed by atoms with van der Waals surface area (Å²) in [6.45, 7) is 3.08. The van der Waals surface area contributed by atoms with Crippen molar-refractivity contribution in [1.82, 2.24) is 4.72 Å². The summed E-state index contributed by atoms with van der Waals surface area (Å²) in [6.07, 6.45) is 2.42. The lowest BCUT2D eigenvalue weighted by atomic mass is 10.1. The maximum absolute atomic E-state index is 12.5. The first kappa shape index (κ1) is 16.4. The molecule has 5 nitrogen and oxygen atoms in total. The molecule has 2 heterocycles. The highest BCUT2D eigenvalue weighted by Gasteiger charge is 2.22. The van der Waals surface area contributed by atoms with E-state index in [0.717, 1.165) is 42.1 Å². The fourth-order valence-corrected chi connectivity index (χ4v) is 4.46. The second-order valence-corrected chi connectivity index (χ2v) is 8.36. The van der Waals surface area contributed by atoms with Gasteiger partial charge in [0.05, 0.1) is 11.5 Å². The number of hydrogen-bond acceptors (Lipinski definition) is 4. The van der Waals surface area contributed by atoms with Gasteiger partial charge < -0.3 is 9.47 Å². The summed E-state index contributed by atoms with van der Waals surface area (Å²) >= 11 is 0. The lowest BCUT2D eigenvalue weighted by Crippen LogP contribution is -2.26. The Morgan fingerprint density at radius 1 is 1.12 bits per heavy atom. The van der Waals surface area contributed by atoms with Crippen LogP contribution in [0.1, 0.15) is 23.6 Å². The zero-order valence-electron chi connectivity index (χ0n) is 14.1. The minimum Gasteiger partial charge on any atom is -0.493 e. The summed E-state index contributed by atoms with van der Waals surface area (Å²) in [6, 6.07) is 11.1. The zero-order chi connectivity index (χ0) is 17.4. The molecule has 0 bridgehead atoms. The number of rotatable bonds is 5. The number of nitrogens with one attached hydrogen (secondary N) is 1. The Hall–Kier alpha value is -2.05. The minimum atomic E-state index is -3.51. The molecule has 0 fully saturated rings. The first-order valence-electron chi connectivity index (χ1n) is 8.55. The van der Waals surface area contributed by atoms with Gasteiger partial charge in [-0.25, -0.2) is 13.1 Å². The van der Waals surface area contributed by atoms with Gasteiger partial charge in [-0.05, 0) is 54.3 Å². The number of fused-ring (bicyclic) bond motifs is 2. The van der Waals surface area contributed by atoms with Crippen molar-refractivity contribution in [3.05, 3.63) is 53.1 Å². The van der Waals surface area contributed by atoms with Crippen molar-refractivity contribution in [3.8, 4) is 11.5 Å². The molecule has 2 aromatic carbocycles. The van der Waals surface area contributed by atoms with Crippen molar-refractivity contribution >= 4 is 10.0 Å². The van der Waals surface area contributed by atoms with Crippen LogP contribution in [-0.2, 0) is 29.3 Å². The van der Waals surface area contributed by atoms with Crippen LogP contribution in [0.25, 0.3) is 0 Å². The fourth-order valence-electron chi connectivity index (χ4n) is 3.37. The third-order valence-electron chi connectivity index (χ3n) is 4.64. The Kier molecular flexibility index (Phi) is 4.17. The van der Waals surface area contributed by atoms with Crippen LogP contribution in [0.4, 0.5) is 0 Å². The van der Waals surface area contributed by atoms with Crippen molar-refractivity contribution in [2.75, 3.05) is 13.2 Å². The van der Waals surface area contributed by atoms with E-state index >= 15 is 0 Å². The third kappa shape index (κ3) is 3.37. The van der Waals surface area contributed by atoms with Crippen molar-refractivity contribution in [3.63, 3.8) is 0 Å². The average molecular weight is 359 g/mol. The lowest BCUT2D eigenvalue weighted by molar-refractivity contribution is 0.254. The van der Waals surface area contributed by atoms with E-state index in [-0.39, 0.29) is 6.10 Å². The van der Waals surface area contributed by atoms with Gasteiger partial charge >= 0.3 is 0 Å². The highest BCUT2D eigenvalue weighted by Crippen LogP contribution is 2.30. The van der Waals surface area contributed by atoms with E-state index in [1.54, 1.807) is 18.2 Å². The molecule has 1 unspecified atom stereocenters. The Morgan fingerprint density at radius 2 is 1.96 bits per heavy atom. The smallest absolute Gasteiger partial charge is 0.240 e. The van der Waals surface area contributed by atoms with Gasteiger partial charge in [0, 0.05) is 19.4 Å². The zero-order valence-corrected chi connectivity index (χ0v) is 14.9. The predicted molar refractivity (Wildman–Crippen MR) is 94.8 cm³/mol. The SMILES string of the molecule is CC1Cc2cc(S(=O)(=O)NCCc3ccc4c(c3)CCO4)ccc2O1. The highest BCUT2D eigenvalue weighted by atomic mass is 32.2. The van der Waals surface area contributed by atoms with Crippen LogP contribution in [-0.4, -0.2) is 27.7 Å². The maximum Gasteiger partial charge on any atom is 0.240 e. The Balaban J connectivity index is 1.41. The molecule has 0 spiro atoms. The molecule has 0 radical (unpaired) electrons. The Labute approximate surface area is 148 Å². The van der Waals surface area contributed by atoms with Gasteiger partial charge in [0.1, 0.15) is 17.6 Å². The molecule has 132 valence electrons. The highest BCUT2D eigenvalue weighted by molar-refractivity contribution is 7.89. The first-order chi connectivity index (χ1) is 12.0. The molecule has 2 aliphatic rings. The van der Waals surface area contributed by atoms with Gasteiger partial charge in [0.2, 0.25) is 10.0 Å². The third-order valence-corrected chi connectivity index (χ3v) is 6.10. The van der Waals surface area contributed by atoms with Crippen LogP contribution in [0.15, 0.2) is 41.3 Å². The standard InChI is InChI=1S/C19H21NO4S/c1-13-10-16-12-17(3-5-19(16)24-13)25(21,22)20-8-6-14-2-4-18-15(11-14)7-9-23-18/h2-5,11-13,20H,6-10H2,1H3. The normalized spacial score (nSPS) is 18.4. The van der Waals surface area contributed by atoms with Crippen LogP contribution >= 0.6 is 0 Å². The van der Waals surface area contributed by atoms with E-state index in [4.69, 9.17) is 9.47 Å². The molecule has 6 heteroatoms. The topological polar surface area (TPSA) is 64.6 Å². The molecule has 1 atom stereocenters. The van der Waals surface area contributed by atoms with Crippen molar-refractivity contribution in [2.45, 2.75) is 37.2 Å². The number of sulfonamides is 1. The average Bonchev–Trinajstić information content (AvgIpc) is 3.18. The summed E-state index contributed by atoms with van der Waals surface area (Å²) in [5, 5.41) is 0. The summed E-state index contributed by atoms with van der Waals surface area (Å²) in [7, 11) is -3.51. The molecule has 0 saturated carbocycles. The Bertz CT molecular complexity index is 908. The van der Waals surface area contributed by atoms with Gasteiger partial charge in [-0.15, -0.1) is 0 Å². The largest absolute Gasteiger partial charge is 0.493 e. The Morgan fingerprint density at radius 3 is 2.84 bits per heavy atom. The summed E-state index contributed by atoms with van der Waals surface area (Å²) in [4.78, 5) is 0.298. The van der Waals surface area contributed by atoms with Gasteiger partial charge in [0.15, 0.2) is 0 Å².